The number of allylic oxidation sites excluding steroid dienone is 1. The summed E-state index contributed by atoms with van der Waals surface area (Å²) in [4.78, 5) is 22.7. The largest absolute Gasteiger partial charge is 0.356 e. The minimum atomic E-state index is -0.102. The molecule has 0 heterocycles. The highest BCUT2D eigenvalue weighted by molar-refractivity contribution is 9.10. The molecule has 0 atom stereocenters. The van der Waals surface area contributed by atoms with Gasteiger partial charge >= 0.3 is 0 Å². The molecule has 0 saturated heterocycles. The van der Waals surface area contributed by atoms with E-state index in [9.17, 15) is 9.59 Å². The molecule has 2 N–H and O–H groups in total. The zero-order valence-corrected chi connectivity index (χ0v) is 14.9. The van der Waals surface area contributed by atoms with Crippen molar-refractivity contribution in [2.45, 2.75) is 27.2 Å². The summed E-state index contributed by atoms with van der Waals surface area (Å²) in [6.07, 6.45) is 2.38. The van der Waals surface area contributed by atoms with Crippen molar-refractivity contribution in [1.29, 1.82) is 0 Å². The van der Waals surface area contributed by atoms with Gasteiger partial charge in [-0.3, -0.25) is 9.59 Å². The molecule has 0 aliphatic carbocycles. The van der Waals surface area contributed by atoms with E-state index in [0.29, 0.717) is 19.5 Å². The highest BCUT2D eigenvalue weighted by Crippen LogP contribution is 2.24. The van der Waals surface area contributed by atoms with Crippen LogP contribution in [0.1, 0.15) is 32.8 Å². The van der Waals surface area contributed by atoms with E-state index >= 15 is 0 Å². The van der Waals surface area contributed by atoms with Gasteiger partial charge in [0.25, 0.3) is 0 Å². The van der Waals surface area contributed by atoms with Crippen molar-refractivity contribution in [1.82, 2.24) is 10.6 Å². The lowest BCUT2D eigenvalue weighted by Crippen LogP contribution is -2.28. The van der Waals surface area contributed by atoms with Gasteiger partial charge in [-0.25, -0.2) is 0 Å². The average molecular weight is 367 g/mol. The maximum atomic E-state index is 12.0. The van der Waals surface area contributed by atoms with Crippen LogP contribution < -0.4 is 10.6 Å². The molecule has 0 saturated carbocycles. The second-order valence-corrected chi connectivity index (χ2v) is 6.30. The van der Waals surface area contributed by atoms with Crippen molar-refractivity contribution >= 4 is 33.3 Å². The van der Waals surface area contributed by atoms with Crippen LogP contribution in [0.4, 0.5) is 0 Å². The Kier molecular flexibility index (Phi) is 7.88. The van der Waals surface area contributed by atoms with E-state index in [2.05, 4.69) is 40.4 Å². The fraction of sp³-hybridized carbons (Fsp3) is 0.412. The minimum absolute atomic E-state index is 0.0523. The molecular formula is C17H23BrN2O2. The van der Waals surface area contributed by atoms with Crippen LogP contribution in [0, 0.1) is 5.92 Å². The molecular weight excluding hydrogens is 344 g/mol. The second-order valence-electron chi connectivity index (χ2n) is 5.39. The third kappa shape index (κ3) is 6.89. The summed E-state index contributed by atoms with van der Waals surface area (Å²) < 4.78 is 1.02. The fourth-order valence-electron chi connectivity index (χ4n) is 1.98. The summed E-state index contributed by atoms with van der Waals surface area (Å²) in [5.41, 5.74) is 2.05. The predicted molar refractivity (Wildman–Crippen MR) is 93.3 cm³/mol. The maximum Gasteiger partial charge on any atom is 0.244 e. The fourth-order valence-corrected chi connectivity index (χ4v) is 2.25. The number of hydrogen-bond donors (Lipinski definition) is 2. The lowest BCUT2D eigenvalue weighted by Gasteiger charge is -2.12. The molecule has 0 radical (unpaired) electrons. The van der Waals surface area contributed by atoms with E-state index < -0.39 is 0 Å². The first-order valence-electron chi connectivity index (χ1n) is 7.40. The number of carbonyl (C=O) groups excluding carboxylic acids is 2. The Hall–Kier alpha value is -1.62. The van der Waals surface area contributed by atoms with Crippen LogP contribution in [-0.4, -0.2) is 24.9 Å². The topological polar surface area (TPSA) is 58.2 Å². The van der Waals surface area contributed by atoms with Crippen molar-refractivity contribution < 1.29 is 9.59 Å². The van der Waals surface area contributed by atoms with Gasteiger partial charge in [0.1, 0.15) is 0 Å². The van der Waals surface area contributed by atoms with Gasteiger partial charge in [-0.2, -0.15) is 0 Å². The van der Waals surface area contributed by atoms with Crippen molar-refractivity contribution in [2.75, 3.05) is 13.1 Å². The monoisotopic (exact) mass is 366 g/mol. The maximum absolute atomic E-state index is 12.0. The highest BCUT2D eigenvalue weighted by atomic mass is 79.9. The van der Waals surface area contributed by atoms with E-state index in [-0.39, 0.29) is 17.7 Å². The molecule has 0 aliphatic rings. The number of amides is 2. The van der Waals surface area contributed by atoms with E-state index in [1.165, 1.54) is 6.92 Å². The van der Waals surface area contributed by atoms with Gasteiger partial charge in [-0.05, 0) is 35.6 Å². The Labute approximate surface area is 140 Å². The van der Waals surface area contributed by atoms with Gasteiger partial charge in [0.15, 0.2) is 0 Å². The predicted octanol–water partition coefficient (Wildman–Crippen LogP) is 3.13. The van der Waals surface area contributed by atoms with Crippen LogP contribution in [0.5, 0.6) is 0 Å². The van der Waals surface area contributed by atoms with Crippen molar-refractivity contribution in [3.63, 3.8) is 0 Å². The number of nitrogens with one attached hydrogen (secondary N) is 2. The molecule has 4 nitrogen and oxygen atoms in total. The van der Waals surface area contributed by atoms with Crippen LogP contribution >= 0.6 is 15.9 Å². The summed E-state index contributed by atoms with van der Waals surface area (Å²) in [6, 6.07) is 7.94. The quantitative estimate of drug-likeness (QED) is 0.575. The first-order chi connectivity index (χ1) is 10.4. The Morgan fingerprint density at radius 3 is 2.27 bits per heavy atom. The molecule has 2 amide bonds. The molecule has 0 fully saturated rings. The van der Waals surface area contributed by atoms with Crippen molar-refractivity contribution in [3.8, 4) is 0 Å². The van der Waals surface area contributed by atoms with Gasteiger partial charge < -0.3 is 10.6 Å². The number of hydrogen-bond acceptors (Lipinski definition) is 2. The number of benzene rings is 1. The molecule has 5 heteroatoms. The Balaban J connectivity index is 2.59. The van der Waals surface area contributed by atoms with Gasteiger partial charge in [-0.15, -0.1) is 0 Å². The summed E-state index contributed by atoms with van der Waals surface area (Å²) >= 11 is 3.41. The van der Waals surface area contributed by atoms with Crippen LogP contribution in [0.3, 0.4) is 0 Å². The lowest BCUT2D eigenvalue weighted by atomic mass is 9.95. The van der Waals surface area contributed by atoms with Crippen LogP contribution in [0.15, 0.2) is 34.8 Å². The summed E-state index contributed by atoms with van der Waals surface area (Å²) in [5, 5.41) is 5.55. The molecule has 0 bridgehead atoms. The molecule has 0 spiro atoms. The lowest BCUT2D eigenvalue weighted by molar-refractivity contribution is -0.119. The molecule has 1 rings (SSSR count). The smallest absolute Gasteiger partial charge is 0.244 e. The molecule has 0 aliphatic heterocycles. The van der Waals surface area contributed by atoms with Crippen LogP contribution in [-0.2, 0) is 9.59 Å². The number of halogens is 1. The molecule has 0 unspecified atom stereocenters. The molecule has 1 aromatic carbocycles. The third-order valence-corrected chi connectivity index (χ3v) is 3.64. The first kappa shape index (κ1) is 18.4. The minimum Gasteiger partial charge on any atom is -0.356 e. The molecule has 0 aromatic heterocycles. The van der Waals surface area contributed by atoms with E-state index in [0.717, 1.165) is 15.6 Å². The van der Waals surface area contributed by atoms with Gasteiger partial charge in [0.2, 0.25) is 11.8 Å². The Morgan fingerprint density at radius 1 is 1.14 bits per heavy atom. The van der Waals surface area contributed by atoms with Crippen LogP contribution in [0.2, 0.25) is 0 Å². The summed E-state index contributed by atoms with van der Waals surface area (Å²) in [7, 11) is 0. The molecule has 22 heavy (non-hydrogen) atoms. The van der Waals surface area contributed by atoms with E-state index in [1.807, 2.05) is 24.3 Å². The van der Waals surface area contributed by atoms with Gasteiger partial charge in [-0.1, -0.05) is 41.9 Å². The second kappa shape index (κ2) is 9.41. The van der Waals surface area contributed by atoms with Crippen molar-refractivity contribution in [2.24, 2.45) is 5.92 Å². The highest BCUT2D eigenvalue weighted by Gasteiger charge is 2.09. The van der Waals surface area contributed by atoms with E-state index in [1.54, 1.807) is 6.08 Å². The zero-order valence-electron chi connectivity index (χ0n) is 13.3. The van der Waals surface area contributed by atoms with Crippen molar-refractivity contribution in [3.05, 3.63) is 40.4 Å². The zero-order chi connectivity index (χ0) is 16.5. The number of carbonyl (C=O) groups is 2. The average Bonchev–Trinajstić information content (AvgIpc) is 2.45. The van der Waals surface area contributed by atoms with Crippen LogP contribution in [0.25, 0.3) is 5.57 Å². The summed E-state index contributed by atoms with van der Waals surface area (Å²) in [5.74, 6) is 0.101. The third-order valence-electron chi connectivity index (χ3n) is 3.11. The number of rotatable bonds is 7. The summed E-state index contributed by atoms with van der Waals surface area (Å²) in [6.45, 7) is 6.73. The van der Waals surface area contributed by atoms with Gasteiger partial charge in [0, 0.05) is 30.6 Å². The normalized spacial score (nSPS) is 11.4. The first-order valence-corrected chi connectivity index (χ1v) is 8.19. The Bertz CT molecular complexity index is 536. The SMILES string of the molecule is CC(=O)NCCCNC(=O)/C=C(/c1ccc(Br)cc1)C(C)C. The molecule has 1 aromatic rings. The van der Waals surface area contributed by atoms with Gasteiger partial charge in [0.05, 0.1) is 0 Å². The molecule has 120 valence electrons. The standard InChI is InChI=1S/C17H23BrN2O2/c1-12(2)16(14-5-7-15(18)8-6-14)11-17(22)20-10-4-9-19-13(3)21/h5-8,11-12H,4,9-10H2,1-3H3,(H,19,21)(H,20,22)/b16-11+. The Morgan fingerprint density at radius 2 is 1.73 bits per heavy atom. The van der Waals surface area contributed by atoms with E-state index in [4.69, 9.17) is 0 Å².